The summed E-state index contributed by atoms with van der Waals surface area (Å²) in [5, 5.41) is 0. The van der Waals surface area contributed by atoms with E-state index in [4.69, 9.17) is 5.73 Å². The maximum atomic E-state index is 12.4. The molecular weight excluding hydrogens is 262 g/mol. The van der Waals surface area contributed by atoms with E-state index >= 15 is 0 Å². The SMILES string of the molecule is Cc1ccc(N)cc1C(=O)N1CCC(N(C)C)C1.Cl. The molecule has 1 fully saturated rings. The zero-order valence-electron chi connectivity index (χ0n) is 11.7. The molecule has 0 aliphatic carbocycles. The molecule has 1 aliphatic heterocycles. The van der Waals surface area contributed by atoms with Gasteiger partial charge < -0.3 is 15.5 Å². The summed E-state index contributed by atoms with van der Waals surface area (Å²) in [6.07, 6.45) is 1.04. The quantitative estimate of drug-likeness (QED) is 0.842. The summed E-state index contributed by atoms with van der Waals surface area (Å²) in [5.74, 6) is 0.101. The Bertz CT molecular complexity index is 462. The van der Waals surface area contributed by atoms with E-state index in [1.165, 1.54) is 0 Å². The summed E-state index contributed by atoms with van der Waals surface area (Å²) in [7, 11) is 4.12. The number of aryl methyl sites for hydroxylation is 1. The van der Waals surface area contributed by atoms with Gasteiger partial charge in [-0.2, -0.15) is 0 Å². The maximum absolute atomic E-state index is 12.4. The molecular formula is C14H22ClN3O. The van der Waals surface area contributed by atoms with E-state index in [1.807, 2.05) is 24.0 Å². The third kappa shape index (κ3) is 3.39. The van der Waals surface area contributed by atoms with Gasteiger partial charge in [-0.1, -0.05) is 6.07 Å². The van der Waals surface area contributed by atoms with E-state index in [-0.39, 0.29) is 18.3 Å². The molecule has 1 aliphatic rings. The maximum Gasteiger partial charge on any atom is 0.254 e. The van der Waals surface area contributed by atoms with Gasteiger partial charge in [-0.05, 0) is 45.1 Å². The summed E-state index contributed by atoms with van der Waals surface area (Å²) >= 11 is 0. The Labute approximate surface area is 121 Å². The first-order valence-corrected chi connectivity index (χ1v) is 6.31. The van der Waals surface area contributed by atoms with Crippen molar-refractivity contribution in [2.75, 3.05) is 32.9 Å². The van der Waals surface area contributed by atoms with Crippen LogP contribution in [0, 0.1) is 6.92 Å². The van der Waals surface area contributed by atoms with Crippen molar-refractivity contribution in [3.63, 3.8) is 0 Å². The largest absolute Gasteiger partial charge is 0.399 e. The molecule has 0 saturated carbocycles. The van der Waals surface area contributed by atoms with Crippen molar-refractivity contribution in [1.82, 2.24) is 9.80 Å². The molecule has 4 nitrogen and oxygen atoms in total. The van der Waals surface area contributed by atoms with Crippen molar-refractivity contribution in [3.8, 4) is 0 Å². The number of carbonyl (C=O) groups excluding carboxylic acids is 1. The van der Waals surface area contributed by atoms with Crippen molar-refractivity contribution in [1.29, 1.82) is 0 Å². The van der Waals surface area contributed by atoms with E-state index in [1.54, 1.807) is 6.07 Å². The van der Waals surface area contributed by atoms with Crippen molar-refractivity contribution >= 4 is 24.0 Å². The topological polar surface area (TPSA) is 49.6 Å². The third-order valence-electron chi connectivity index (χ3n) is 3.67. The van der Waals surface area contributed by atoms with Gasteiger partial charge in [0.05, 0.1) is 0 Å². The first kappa shape index (κ1) is 15.8. The summed E-state index contributed by atoms with van der Waals surface area (Å²) < 4.78 is 0. The van der Waals surface area contributed by atoms with Crippen LogP contribution in [0.4, 0.5) is 5.69 Å². The number of likely N-dealkylation sites (tertiary alicyclic amines) is 1. The van der Waals surface area contributed by atoms with E-state index in [2.05, 4.69) is 19.0 Å². The van der Waals surface area contributed by atoms with E-state index < -0.39 is 0 Å². The second-order valence-corrected chi connectivity index (χ2v) is 5.23. The molecule has 1 heterocycles. The molecule has 2 N–H and O–H groups in total. The van der Waals surface area contributed by atoms with Gasteiger partial charge in [-0.15, -0.1) is 12.4 Å². The van der Waals surface area contributed by atoms with Crippen LogP contribution in [0.1, 0.15) is 22.3 Å². The first-order valence-electron chi connectivity index (χ1n) is 6.31. The lowest BCUT2D eigenvalue weighted by atomic mass is 10.1. The Balaban J connectivity index is 0.00000180. The molecule has 0 aromatic heterocycles. The minimum absolute atomic E-state index is 0. The lowest BCUT2D eigenvalue weighted by Crippen LogP contribution is -2.34. The Morgan fingerprint density at radius 3 is 2.68 bits per heavy atom. The smallest absolute Gasteiger partial charge is 0.254 e. The highest BCUT2D eigenvalue weighted by Crippen LogP contribution is 2.20. The number of anilines is 1. The zero-order chi connectivity index (χ0) is 13.3. The van der Waals surface area contributed by atoms with Gasteiger partial charge in [0.2, 0.25) is 0 Å². The van der Waals surface area contributed by atoms with Crippen LogP contribution in [-0.4, -0.2) is 48.9 Å². The van der Waals surface area contributed by atoms with Crippen LogP contribution < -0.4 is 5.73 Å². The molecule has 5 heteroatoms. The van der Waals surface area contributed by atoms with Crippen LogP contribution in [0.2, 0.25) is 0 Å². The zero-order valence-corrected chi connectivity index (χ0v) is 12.5. The van der Waals surface area contributed by atoms with E-state index in [0.29, 0.717) is 11.7 Å². The molecule has 1 atom stereocenters. The van der Waals surface area contributed by atoms with Crippen LogP contribution in [0.25, 0.3) is 0 Å². The van der Waals surface area contributed by atoms with Gasteiger partial charge >= 0.3 is 0 Å². The van der Waals surface area contributed by atoms with Gasteiger partial charge in [0.15, 0.2) is 0 Å². The van der Waals surface area contributed by atoms with Gasteiger partial charge in [0.1, 0.15) is 0 Å². The fourth-order valence-corrected chi connectivity index (χ4v) is 2.39. The number of benzene rings is 1. The Hall–Kier alpha value is -1.26. The lowest BCUT2D eigenvalue weighted by Gasteiger charge is -2.21. The lowest BCUT2D eigenvalue weighted by molar-refractivity contribution is 0.0782. The van der Waals surface area contributed by atoms with Crippen molar-refractivity contribution in [2.24, 2.45) is 0 Å². The number of hydrogen-bond acceptors (Lipinski definition) is 3. The molecule has 1 aromatic rings. The molecule has 0 bridgehead atoms. The molecule has 1 saturated heterocycles. The normalized spacial score (nSPS) is 18.5. The number of nitrogens with two attached hydrogens (primary N) is 1. The van der Waals surface area contributed by atoms with Crippen LogP contribution >= 0.6 is 12.4 Å². The molecule has 19 heavy (non-hydrogen) atoms. The fourth-order valence-electron chi connectivity index (χ4n) is 2.39. The van der Waals surface area contributed by atoms with Crippen LogP contribution in [0.5, 0.6) is 0 Å². The van der Waals surface area contributed by atoms with Gasteiger partial charge in [0.25, 0.3) is 5.91 Å². The molecule has 1 aromatic carbocycles. The number of rotatable bonds is 2. The Morgan fingerprint density at radius 1 is 1.42 bits per heavy atom. The first-order chi connectivity index (χ1) is 8.49. The number of nitrogens with zero attached hydrogens (tertiary/aromatic N) is 2. The van der Waals surface area contributed by atoms with Gasteiger partial charge in [-0.25, -0.2) is 0 Å². The second kappa shape index (κ2) is 6.26. The minimum atomic E-state index is 0. The average Bonchev–Trinajstić information content (AvgIpc) is 2.81. The highest BCUT2D eigenvalue weighted by Gasteiger charge is 2.28. The number of hydrogen-bond donors (Lipinski definition) is 1. The summed E-state index contributed by atoms with van der Waals surface area (Å²) in [4.78, 5) is 16.5. The monoisotopic (exact) mass is 283 g/mol. The van der Waals surface area contributed by atoms with Gasteiger partial charge in [0, 0.05) is 30.4 Å². The van der Waals surface area contributed by atoms with Gasteiger partial charge in [-0.3, -0.25) is 4.79 Å². The van der Waals surface area contributed by atoms with Crippen LogP contribution in [-0.2, 0) is 0 Å². The van der Waals surface area contributed by atoms with Crippen molar-refractivity contribution < 1.29 is 4.79 Å². The molecule has 0 radical (unpaired) electrons. The summed E-state index contributed by atoms with van der Waals surface area (Å²) in [6, 6.07) is 5.98. The predicted molar refractivity (Wildman–Crippen MR) is 80.8 cm³/mol. The van der Waals surface area contributed by atoms with E-state index in [0.717, 1.165) is 30.6 Å². The predicted octanol–water partition coefficient (Wildman–Crippen LogP) is 1.78. The Kier molecular flexibility index (Phi) is 5.20. The van der Waals surface area contributed by atoms with Crippen molar-refractivity contribution in [3.05, 3.63) is 29.3 Å². The van der Waals surface area contributed by atoms with Crippen LogP contribution in [0.3, 0.4) is 0 Å². The number of halogens is 1. The second-order valence-electron chi connectivity index (χ2n) is 5.23. The highest BCUT2D eigenvalue weighted by molar-refractivity contribution is 5.96. The standard InChI is InChI=1S/C14H21N3O.ClH/c1-10-4-5-11(15)8-13(10)14(18)17-7-6-12(9-17)16(2)3;/h4-5,8,12H,6-7,9,15H2,1-3H3;1H. The number of likely N-dealkylation sites (N-methyl/N-ethyl adjacent to an activating group) is 1. The number of amides is 1. The fraction of sp³-hybridized carbons (Fsp3) is 0.500. The number of nitrogen functional groups attached to an aromatic ring is 1. The molecule has 106 valence electrons. The highest BCUT2D eigenvalue weighted by atomic mass is 35.5. The Morgan fingerprint density at radius 2 is 2.11 bits per heavy atom. The molecule has 2 rings (SSSR count). The average molecular weight is 284 g/mol. The summed E-state index contributed by atoms with van der Waals surface area (Å²) in [6.45, 7) is 3.59. The van der Waals surface area contributed by atoms with Crippen molar-refractivity contribution in [2.45, 2.75) is 19.4 Å². The molecule has 1 unspecified atom stereocenters. The summed E-state index contributed by atoms with van der Waals surface area (Å²) in [5.41, 5.74) is 8.13. The number of carbonyl (C=O) groups is 1. The third-order valence-corrected chi connectivity index (χ3v) is 3.67. The molecule has 0 spiro atoms. The van der Waals surface area contributed by atoms with E-state index in [9.17, 15) is 4.79 Å². The molecule has 1 amide bonds. The van der Waals surface area contributed by atoms with Crippen LogP contribution in [0.15, 0.2) is 18.2 Å². The minimum Gasteiger partial charge on any atom is -0.399 e.